The van der Waals surface area contributed by atoms with Crippen molar-refractivity contribution in [2.45, 2.75) is 31.6 Å². The zero-order valence-corrected chi connectivity index (χ0v) is 17.8. The summed E-state index contributed by atoms with van der Waals surface area (Å²) in [6.45, 7) is 8.17. The van der Waals surface area contributed by atoms with E-state index in [2.05, 4.69) is 62.7 Å². The van der Waals surface area contributed by atoms with Crippen LogP contribution in [0.1, 0.15) is 37.8 Å². The average molecular weight is 396 g/mol. The number of benzene rings is 1. The summed E-state index contributed by atoms with van der Waals surface area (Å²) < 4.78 is 0. The zero-order valence-electron chi connectivity index (χ0n) is 16.9. The molecule has 0 aromatic heterocycles. The Morgan fingerprint density at radius 2 is 2.07 bits per heavy atom. The summed E-state index contributed by atoms with van der Waals surface area (Å²) in [5, 5.41) is 12.6. The van der Waals surface area contributed by atoms with E-state index in [1.165, 1.54) is 5.57 Å². The van der Waals surface area contributed by atoms with Gasteiger partial charge in [-0.15, -0.1) is 22.8 Å². The number of rotatable bonds is 4. The molecule has 0 aliphatic carbocycles. The maximum Gasteiger partial charge on any atom is 0.131 e. The van der Waals surface area contributed by atoms with Gasteiger partial charge in [-0.05, 0) is 36.6 Å². The number of hydrogen-bond donors (Lipinski definition) is 2. The first-order chi connectivity index (χ1) is 13.7. The van der Waals surface area contributed by atoms with Crippen LogP contribution in [-0.2, 0) is 0 Å². The molecule has 0 spiro atoms. The summed E-state index contributed by atoms with van der Waals surface area (Å²) in [4.78, 5) is 7.38. The van der Waals surface area contributed by atoms with E-state index in [-0.39, 0.29) is 0 Å². The van der Waals surface area contributed by atoms with Crippen LogP contribution in [0.2, 0.25) is 0 Å². The fourth-order valence-electron chi connectivity index (χ4n) is 3.46. The highest BCUT2D eigenvalue weighted by atomic mass is 32.1. The first-order valence-corrected chi connectivity index (χ1v) is 10.3. The van der Waals surface area contributed by atoms with Gasteiger partial charge in [0.2, 0.25) is 0 Å². The lowest BCUT2D eigenvalue weighted by Gasteiger charge is -2.29. The molecule has 2 aliphatic rings. The molecular weight excluding hydrogens is 366 g/mol. The summed E-state index contributed by atoms with van der Waals surface area (Å²) in [5.74, 6) is 1.07. The summed E-state index contributed by atoms with van der Waals surface area (Å²) in [6.07, 6.45) is 7.94. The van der Waals surface area contributed by atoms with E-state index >= 15 is 0 Å². The molecule has 1 fully saturated rings. The fraction of sp³-hybridized carbons (Fsp3) is 0.409. The molecule has 1 saturated heterocycles. The number of nitrogens with one attached hydrogen (secondary N) is 1. The van der Waals surface area contributed by atoms with E-state index in [0.717, 1.165) is 72.2 Å². The highest BCUT2D eigenvalue weighted by Gasteiger charge is 2.19. The Morgan fingerprint density at radius 3 is 2.71 bits per heavy atom. The second-order valence-corrected chi connectivity index (χ2v) is 7.42. The smallest absolute Gasteiger partial charge is 0.131 e. The third kappa shape index (κ3) is 4.80. The Balaban J connectivity index is 1.94. The Morgan fingerprint density at radius 1 is 1.29 bits per heavy atom. The number of piperazine rings is 1. The first-order valence-electron chi connectivity index (χ1n) is 9.88. The van der Waals surface area contributed by atoms with Gasteiger partial charge in [-0.2, -0.15) is 0 Å². The number of thiol groups is 1. The van der Waals surface area contributed by atoms with Gasteiger partial charge >= 0.3 is 0 Å². The van der Waals surface area contributed by atoms with Crippen molar-refractivity contribution in [3.8, 4) is 0 Å². The van der Waals surface area contributed by atoms with Crippen LogP contribution >= 0.6 is 12.6 Å². The number of nitrogens with zero attached hydrogens (tertiary/aromatic N) is 4. The molecule has 1 N–H and O–H groups in total. The van der Waals surface area contributed by atoms with E-state index < -0.39 is 0 Å². The SMILES string of the molecule is C/C=C(\C=NC)c1ccc(C2=NN=C(N3CCNCC3)CC(CC)=C2)c(S)c1. The number of hydrogen-bond acceptors (Lipinski definition) is 6. The van der Waals surface area contributed by atoms with E-state index in [9.17, 15) is 0 Å². The van der Waals surface area contributed by atoms with Gasteiger partial charge in [0.15, 0.2) is 0 Å². The lowest BCUT2D eigenvalue weighted by Crippen LogP contribution is -2.46. The lowest BCUT2D eigenvalue weighted by molar-refractivity contribution is 0.352. The standard InChI is InChI=1S/C22H29N5S/c1-4-16-12-20(25-26-22(13-16)27-10-8-24-9-11-27)19-7-6-18(14-21(19)28)17(5-2)15-23-3/h5-7,12,14-15,24,28H,4,8-11,13H2,1-3H3/b17-5+,23-15?. The van der Waals surface area contributed by atoms with Crippen LogP contribution in [0.25, 0.3) is 5.57 Å². The van der Waals surface area contributed by atoms with E-state index in [1.807, 2.05) is 13.1 Å². The molecule has 1 aromatic carbocycles. The second kappa shape index (κ2) is 9.85. The van der Waals surface area contributed by atoms with Gasteiger partial charge in [0.1, 0.15) is 5.84 Å². The van der Waals surface area contributed by atoms with Gasteiger partial charge in [0.05, 0.1) is 5.71 Å². The topological polar surface area (TPSA) is 52.4 Å². The number of allylic oxidation sites excluding steroid dienone is 3. The van der Waals surface area contributed by atoms with E-state index in [0.29, 0.717) is 0 Å². The normalized spacial score (nSPS) is 18.6. The highest BCUT2D eigenvalue weighted by molar-refractivity contribution is 7.80. The van der Waals surface area contributed by atoms with Gasteiger partial charge in [-0.25, -0.2) is 0 Å². The number of amidine groups is 1. The maximum absolute atomic E-state index is 4.75. The van der Waals surface area contributed by atoms with Crippen LogP contribution in [0.5, 0.6) is 0 Å². The van der Waals surface area contributed by atoms with Crippen molar-refractivity contribution < 1.29 is 0 Å². The molecular formula is C22H29N5S. The fourth-order valence-corrected chi connectivity index (χ4v) is 3.79. The summed E-state index contributed by atoms with van der Waals surface area (Å²) in [7, 11) is 1.78. The monoisotopic (exact) mass is 395 g/mol. The number of aliphatic imine (C=N–C) groups is 1. The minimum Gasteiger partial charge on any atom is -0.356 e. The van der Waals surface area contributed by atoms with Crippen molar-refractivity contribution in [2.24, 2.45) is 15.2 Å². The Hall–Kier alpha value is -2.18. The van der Waals surface area contributed by atoms with Crippen molar-refractivity contribution in [1.82, 2.24) is 10.2 Å². The van der Waals surface area contributed by atoms with Crippen molar-refractivity contribution in [3.05, 3.63) is 47.1 Å². The highest BCUT2D eigenvalue weighted by Crippen LogP contribution is 2.24. The second-order valence-electron chi connectivity index (χ2n) is 6.93. The molecule has 0 saturated carbocycles. The molecule has 1 aromatic rings. The van der Waals surface area contributed by atoms with E-state index in [4.69, 9.17) is 12.6 Å². The van der Waals surface area contributed by atoms with Crippen LogP contribution in [0.3, 0.4) is 0 Å². The average Bonchev–Trinajstić information content (AvgIpc) is 2.95. The van der Waals surface area contributed by atoms with Gasteiger partial charge in [0.25, 0.3) is 0 Å². The first kappa shape index (κ1) is 20.6. The van der Waals surface area contributed by atoms with Crippen molar-refractivity contribution in [1.29, 1.82) is 0 Å². The minimum atomic E-state index is 0.860. The molecule has 0 unspecified atom stereocenters. The van der Waals surface area contributed by atoms with Crippen LogP contribution < -0.4 is 5.32 Å². The lowest BCUT2D eigenvalue weighted by atomic mass is 10.00. The third-order valence-electron chi connectivity index (χ3n) is 5.12. The van der Waals surface area contributed by atoms with Crippen LogP contribution in [0.4, 0.5) is 0 Å². The Labute approximate surface area is 173 Å². The predicted molar refractivity (Wildman–Crippen MR) is 123 cm³/mol. The van der Waals surface area contributed by atoms with Crippen molar-refractivity contribution in [2.75, 3.05) is 33.2 Å². The summed E-state index contributed by atoms with van der Waals surface area (Å²) in [6, 6.07) is 6.25. The quantitative estimate of drug-likeness (QED) is 0.601. The largest absolute Gasteiger partial charge is 0.356 e. The molecule has 2 aliphatic heterocycles. The van der Waals surface area contributed by atoms with Crippen LogP contribution in [0.15, 0.2) is 56.0 Å². The molecule has 148 valence electrons. The molecule has 28 heavy (non-hydrogen) atoms. The molecule has 2 heterocycles. The Bertz CT molecular complexity index is 858. The van der Waals surface area contributed by atoms with Crippen molar-refractivity contribution >= 4 is 36.0 Å². The molecule has 6 heteroatoms. The van der Waals surface area contributed by atoms with Crippen molar-refractivity contribution in [3.63, 3.8) is 0 Å². The molecule has 0 amide bonds. The van der Waals surface area contributed by atoms with Crippen LogP contribution in [-0.4, -0.2) is 55.9 Å². The molecule has 3 rings (SSSR count). The van der Waals surface area contributed by atoms with Gasteiger partial charge < -0.3 is 10.2 Å². The predicted octanol–water partition coefficient (Wildman–Crippen LogP) is 3.83. The molecule has 0 bridgehead atoms. The molecule has 5 nitrogen and oxygen atoms in total. The maximum atomic E-state index is 4.75. The summed E-state index contributed by atoms with van der Waals surface area (Å²) in [5.41, 5.74) is 5.41. The van der Waals surface area contributed by atoms with Gasteiger partial charge in [0, 0.05) is 56.3 Å². The zero-order chi connectivity index (χ0) is 19.9. The van der Waals surface area contributed by atoms with Crippen LogP contribution in [0, 0.1) is 0 Å². The minimum absolute atomic E-state index is 0.860. The third-order valence-corrected chi connectivity index (χ3v) is 5.49. The summed E-state index contributed by atoms with van der Waals surface area (Å²) >= 11 is 4.75. The molecule has 0 atom stereocenters. The van der Waals surface area contributed by atoms with Gasteiger partial charge in [-0.1, -0.05) is 30.7 Å². The van der Waals surface area contributed by atoms with E-state index in [1.54, 1.807) is 7.05 Å². The van der Waals surface area contributed by atoms with Gasteiger partial charge in [-0.3, -0.25) is 4.99 Å². The molecule has 0 radical (unpaired) electrons. The Kier molecular flexibility index (Phi) is 7.23.